The summed E-state index contributed by atoms with van der Waals surface area (Å²) >= 11 is 0. The second kappa shape index (κ2) is 16.8. The number of anilines is 1. The molecule has 16 nitrogen and oxygen atoms in total. The number of para-hydroxylation sites is 2. The van der Waals surface area contributed by atoms with E-state index in [1.165, 1.54) is 55.6 Å². The van der Waals surface area contributed by atoms with E-state index in [4.69, 9.17) is 18.5 Å². The van der Waals surface area contributed by atoms with Gasteiger partial charge >= 0.3 is 31.9 Å². The Labute approximate surface area is 295 Å². The molecule has 0 bridgehead atoms. The summed E-state index contributed by atoms with van der Waals surface area (Å²) in [5, 5.41) is 19.8. The average molecular weight is 727 g/mol. The van der Waals surface area contributed by atoms with Crippen LogP contribution in [0.5, 0.6) is 11.5 Å². The van der Waals surface area contributed by atoms with Crippen LogP contribution >= 0.6 is 7.60 Å². The van der Waals surface area contributed by atoms with Crippen molar-refractivity contribution < 1.29 is 47.4 Å². The van der Waals surface area contributed by atoms with Gasteiger partial charge in [-0.3, -0.25) is 10.6 Å². The Hall–Kier alpha value is -5.76. The smallest absolute Gasteiger partial charge is 0.465 e. The van der Waals surface area contributed by atoms with Gasteiger partial charge in [0.05, 0.1) is 0 Å². The lowest BCUT2D eigenvalue weighted by atomic mass is 10.1. The molecular weight excluding hydrogens is 683 g/mol. The highest BCUT2D eigenvalue weighted by Crippen LogP contribution is 2.58. The number of hydrogen-bond donors (Lipinski definition) is 6. The lowest BCUT2D eigenvalue weighted by Gasteiger charge is -2.38. The molecule has 3 aromatic rings. The van der Waals surface area contributed by atoms with Gasteiger partial charge in [0.2, 0.25) is 11.4 Å². The topological polar surface area (TPSA) is 215 Å². The zero-order valence-corrected chi connectivity index (χ0v) is 30.2. The zero-order chi connectivity index (χ0) is 37.9. The maximum absolute atomic E-state index is 15.0. The van der Waals surface area contributed by atoms with E-state index < -0.39 is 54.9 Å². The van der Waals surface area contributed by atoms with Crippen LogP contribution in [0.4, 0.5) is 24.9 Å². The normalized spacial score (nSPS) is 13.0. The zero-order valence-electron chi connectivity index (χ0n) is 29.3. The first kappa shape index (κ1) is 39.7. The molecule has 1 unspecified atom stereocenters. The second-order valence-electron chi connectivity index (χ2n) is 12.9. The Kier molecular flexibility index (Phi) is 13.0. The van der Waals surface area contributed by atoms with E-state index >= 15 is 4.57 Å². The molecule has 5 amide bonds. The molecule has 0 aliphatic rings. The molecule has 0 saturated carbocycles. The Morgan fingerprint density at radius 3 is 1.71 bits per heavy atom. The van der Waals surface area contributed by atoms with Gasteiger partial charge in [-0.2, -0.15) is 0 Å². The third-order valence-corrected chi connectivity index (χ3v) is 8.38. The summed E-state index contributed by atoms with van der Waals surface area (Å²) in [6.45, 7) is 9.95. The molecule has 0 fully saturated rings. The molecule has 0 saturated heterocycles. The van der Waals surface area contributed by atoms with Crippen LogP contribution in [0, 0.1) is 0 Å². The van der Waals surface area contributed by atoms with E-state index in [2.05, 4.69) is 31.6 Å². The summed E-state index contributed by atoms with van der Waals surface area (Å²) in [5.74, 6) is -0.173. The summed E-state index contributed by atoms with van der Waals surface area (Å²) in [4.78, 5) is 54.1. The summed E-state index contributed by atoms with van der Waals surface area (Å²) in [6.07, 6.45) is -3.99. The molecule has 0 aliphatic carbocycles. The first-order valence-electron chi connectivity index (χ1n) is 15.6. The second-order valence-corrected chi connectivity index (χ2v) is 15.0. The minimum atomic E-state index is -4.80. The van der Waals surface area contributed by atoms with Crippen molar-refractivity contribution in [1.29, 1.82) is 0 Å². The van der Waals surface area contributed by atoms with Crippen LogP contribution in [0.2, 0.25) is 0 Å². The maximum atomic E-state index is 15.0. The fraction of sp³-hybridized carbons (Fsp3) is 0.324. The summed E-state index contributed by atoms with van der Waals surface area (Å²) in [6, 6.07) is 21.0. The molecule has 51 heavy (non-hydrogen) atoms. The summed E-state index contributed by atoms with van der Waals surface area (Å²) < 4.78 is 37.5. The number of hydrogen-bond acceptors (Lipinski definition) is 9. The van der Waals surface area contributed by atoms with E-state index in [-0.39, 0.29) is 17.5 Å². The van der Waals surface area contributed by atoms with Crippen molar-refractivity contribution in [2.45, 2.75) is 64.6 Å². The van der Waals surface area contributed by atoms with E-state index in [9.17, 15) is 24.3 Å². The van der Waals surface area contributed by atoms with E-state index in [0.717, 1.165) is 0 Å². The monoisotopic (exact) mass is 726 g/mol. The van der Waals surface area contributed by atoms with Crippen molar-refractivity contribution in [3.8, 4) is 11.5 Å². The summed E-state index contributed by atoms with van der Waals surface area (Å²) in [5.41, 5.74) is -1.08. The van der Waals surface area contributed by atoms with Crippen molar-refractivity contribution in [3.63, 3.8) is 0 Å². The highest BCUT2D eigenvalue weighted by atomic mass is 31.2. The molecular formula is C34H43N6O10P. The number of ether oxygens (including phenoxy) is 2. The standard InChI is InChI=1S/C34H43N6O10P/c1-32(2,3)47-30(44)37-27(38-31(45)48-33(4,5)6)36-24-20-18-23(19-21-24)22-34(40-29(42)43,39-28(41)35-7)51(46,49-25-14-10-8-11-15-25)50-26-16-12-9-13-17-26/h8-21,40H,22H2,1-7H3,(H,42,43)(H2,35,39,41)(H2,36,37,38,44,45). The van der Waals surface area contributed by atoms with E-state index in [0.29, 0.717) is 11.3 Å². The first-order valence-corrected chi connectivity index (χ1v) is 17.1. The average Bonchev–Trinajstić information content (AvgIpc) is 3.00. The van der Waals surface area contributed by atoms with Crippen LogP contribution in [0.25, 0.3) is 0 Å². The number of aliphatic imine (C=N–C) groups is 1. The van der Waals surface area contributed by atoms with E-state index in [1.54, 1.807) is 77.9 Å². The predicted molar refractivity (Wildman–Crippen MR) is 190 cm³/mol. The SMILES string of the molecule is CNC(=O)NC(Cc1ccc(NC(=NC(=O)OC(C)(C)C)NC(=O)OC(C)(C)C)cc1)(NC(=O)O)P(=O)(Oc1ccccc1)Oc1ccccc1. The highest BCUT2D eigenvalue weighted by molar-refractivity contribution is 7.56. The molecule has 3 aromatic carbocycles. The summed E-state index contributed by atoms with van der Waals surface area (Å²) in [7, 11) is -3.51. The van der Waals surface area contributed by atoms with Gasteiger partial charge in [-0.1, -0.05) is 48.5 Å². The number of carbonyl (C=O) groups is 4. The van der Waals surface area contributed by atoms with Crippen molar-refractivity contribution in [1.82, 2.24) is 21.3 Å². The lowest BCUT2D eigenvalue weighted by molar-refractivity contribution is 0.0562. The number of alkyl carbamates (subject to hydrolysis) is 1. The molecule has 0 aliphatic heterocycles. The Morgan fingerprint density at radius 2 is 1.25 bits per heavy atom. The predicted octanol–water partition coefficient (Wildman–Crippen LogP) is 6.66. The number of rotatable bonds is 10. The molecule has 274 valence electrons. The first-order chi connectivity index (χ1) is 23.8. The minimum absolute atomic E-state index is 0.0703. The Bertz CT molecular complexity index is 1700. The number of carboxylic acid groups (broad SMARTS) is 1. The van der Waals surface area contributed by atoms with Crippen molar-refractivity contribution >= 4 is 43.6 Å². The molecule has 0 aromatic heterocycles. The van der Waals surface area contributed by atoms with Gasteiger partial charge in [0, 0.05) is 19.2 Å². The number of carbonyl (C=O) groups excluding carboxylic acids is 3. The van der Waals surface area contributed by atoms with Gasteiger partial charge in [0.15, 0.2) is 0 Å². The van der Waals surface area contributed by atoms with Crippen LogP contribution in [-0.2, 0) is 20.5 Å². The van der Waals surface area contributed by atoms with Crippen LogP contribution in [0.1, 0.15) is 47.1 Å². The number of benzene rings is 3. The van der Waals surface area contributed by atoms with Crippen LogP contribution in [0.15, 0.2) is 89.9 Å². The van der Waals surface area contributed by atoms with Crippen LogP contribution in [-0.4, -0.2) is 59.0 Å². The van der Waals surface area contributed by atoms with Crippen LogP contribution < -0.4 is 35.6 Å². The van der Waals surface area contributed by atoms with E-state index in [1.807, 2.05) is 0 Å². The number of guanidine groups is 1. The van der Waals surface area contributed by atoms with Crippen molar-refractivity contribution in [3.05, 3.63) is 90.5 Å². The highest BCUT2D eigenvalue weighted by Gasteiger charge is 2.57. The lowest BCUT2D eigenvalue weighted by Crippen LogP contribution is -2.64. The van der Waals surface area contributed by atoms with Gasteiger partial charge in [0.25, 0.3) is 0 Å². The number of amides is 5. The Morgan fingerprint density at radius 1 is 0.745 bits per heavy atom. The molecule has 17 heteroatoms. The third-order valence-electron chi connectivity index (χ3n) is 6.16. The number of nitrogens with zero attached hydrogens (tertiary/aromatic N) is 1. The fourth-order valence-corrected chi connectivity index (χ4v) is 6.19. The molecule has 3 rings (SSSR count). The Balaban J connectivity index is 2.06. The quantitative estimate of drug-likeness (QED) is 0.0562. The molecule has 0 radical (unpaired) electrons. The third kappa shape index (κ3) is 12.9. The van der Waals surface area contributed by atoms with Gasteiger partial charge < -0.3 is 39.6 Å². The molecule has 0 heterocycles. The van der Waals surface area contributed by atoms with Crippen molar-refractivity contribution in [2.75, 3.05) is 12.4 Å². The number of urea groups is 1. The molecule has 6 N–H and O–H groups in total. The fourth-order valence-electron chi connectivity index (χ4n) is 4.20. The minimum Gasteiger partial charge on any atom is -0.465 e. The number of nitrogens with one attached hydrogen (secondary N) is 5. The van der Waals surface area contributed by atoms with Crippen molar-refractivity contribution in [2.24, 2.45) is 4.99 Å². The van der Waals surface area contributed by atoms with Gasteiger partial charge in [-0.25, -0.2) is 23.7 Å². The maximum Gasteiger partial charge on any atom is 0.477 e. The largest absolute Gasteiger partial charge is 0.477 e. The molecule has 1 atom stereocenters. The van der Waals surface area contributed by atoms with Gasteiger partial charge in [0.1, 0.15) is 22.7 Å². The molecule has 0 spiro atoms. The van der Waals surface area contributed by atoms with Gasteiger partial charge in [-0.15, -0.1) is 4.99 Å². The van der Waals surface area contributed by atoms with Gasteiger partial charge in [-0.05, 0) is 83.5 Å². The van der Waals surface area contributed by atoms with Crippen LogP contribution in [0.3, 0.4) is 0 Å².